The van der Waals surface area contributed by atoms with Crippen LogP contribution in [0.1, 0.15) is 31.1 Å². The zero-order chi connectivity index (χ0) is 19.0. The number of thioether (sulfide) groups is 1. The number of hydrogen-bond donors (Lipinski definition) is 0. The Morgan fingerprint density at radius 3 is 2.44 bits per heavy atom. The number of halogens is 3. The van der Waals surface area contributed by atoms with Crippen LogP contribution in [0.4, 0.5) is 13.2 Å². The molecule has 1 aromatic heterocycles. The highest BCUT2D eigenvalue weighted by Gasteiger charge is 2.33. The zero-order valence-corrected chi connectivity index (χ0v) is 15.1. The van der Waals surface area contributed by atoms with Crippen LogP contribution in [0.3, 0.4) is 0 Å². The molecule has 1 atom stereocenters. The highest BCUT2D eigenvalue weighted by molar-refractivity contribution is 7.99. The lowest BCUT2D eigenvalue weighted by Gasteiger charge is -2.16. The van der Waals surface area contributed by atoms with Crippen LogP contribution in [0.5, 0.6) is 0 Å². The molecule has 10 heteroatoms. The summed E-state index contributed by atoms with van der Waals surface area (Å²) in [6, 6.07) is 2.54. The summed E-state index contributed by atoms with van der Waals surface area (Å²) in [6.45, 7) is 3.09. The van der Waals surface area contributed by atoms with Crippen molar-refractivity contribution in [1.82, 2.24) is 0 Å². The van der Waals surface area contributed by atoms with E-state index in [4.69, 9.17) is 8.60 Å². The summed E-state index contributed by atoms with van der Waals surface area (Å²) >= 11 is 1.20. The summed E-state index contributed by atoms with van der Waals surface area (Å²) in [4.78, 5) is 12.2. The highest BCUT2D eigenvalue weighted by atomic mass is 32.2. The van der Waals surface area contributed by atoms with Crippen molar-refractivity contribution in [1.29, 1.82) is 0 Å². The van der Waals surface area contributed by atoms with Gasteiger partial charge in [0.15, 0.2) is 10.5 Å². The highest BCUT2D eigenvalue weighted by Crippen LogP contribution is 2.36. The Labute approximate surface area is 146 Å². The van der Waals surface area contributed by atoms with Gasteiger partial charge in [0, 0.05) is 11.6 Å². The minimum Gasteiger partial charge on any atom is -0.449 e. The molecule has 138 valence electrons. The molecular formula is C15H15F3O5S2. The molecule has 0 aliphatic carbocycles. The van der Waals surface area contributed by atoms with Crippen LogP contribution in [0.25, 0.3) is 11.0 Å². The molecule has 0 spiro atoms. The predicted octanol–water partition coefficient (Wildman–Crippen LogP) is 3.96. The maximum absolute atomic E-state index is 13.1. The Bertz CT molecular complexity index is 948. The summed E-state index contributed by atoms with van der Waals surface area (Å²) < 4.78 is 72.4. The van der Waals surface area contributed by atoms with Crippen LogP contribution in [-0.4, -0.2) is 20.4 Å². The first-order valence-electron chi connectivity index (χ1n) is 7.12. The molecule has 2 rings (SSSR count). The van der Waals surface area contributed by atoms with E-state index >= 15 is 0 Å². The van der Waals surface area contributed by atoms with Crippen LogP contribution in [0, 0.1) is 0 Å². The number of benzene rings is 1. The van der Waals surface area contributed by atoms with Gasteiger partial charge >= 0.3 is 6.18 Å². The Morgan fingerprint density at radius 2 is 1.92 bits per heavy atom. The monoisotopic (exact) mass is 396 g/mol. The Kier molecular flexibility index (Phi) is 5.55. The van der Waals surface area contributed by atoms with E-state index in [2.05, 4.69) is 0 Å². The van der Waals surface area contributed by atoms with E-state index < -0.39 is 33.4 Å². The number of hydrogen-bond acceptors (Lipinski definition) is 6. The van der Waals surface area contributed by atoms with Crippen molar-refractivity contribution in [2.75, 3.05) is 12.0 Å². The van der Waals surface area contributed by atoms with Gasteiger partial charge in [-0.1, -0.05) is 18.7 Å². The van der Waals surface area contributed by atoms with Crippen molar-refractivity contribution >= 4 is 32.8 Å². The van der Waals surface area contributed by atoms with Gasteiger partial charge < -0.3 is 4.42 Å². The Hall–Kier alpha value is -1.52. The normalized spacial score (nSPS) is 14.0. The summed E-state index contributed by atoms with van der Waals surface area (Å²) in [6.07, 6.45) is -5.19. The molecule has 0 amide bonds. The third kappa shape index (κ3) is 4.77. The van der Waals surface area contributed by atoms with Gasteiger partial charge in [0.25, 0.3) is 10.1 Å². The predicted molar refractivity (Wildman–Crippen MR) is 88.2 cm³/mol. The standard InChI is InChI=1S/C15H15F3O5S2/c1-4-24-13-7-12(19)11-6-9(15(16,17)18)5-10(14(11)22-13)8(2)23-25(3,20)21/h5-8H,4H2,1-3H3. The minimum absolute atomic E-state index is 0.118. The quantitative estimate of drug-likeness (QED) is 0.563. The topological polar surface area (TPSA) is 73.6 Å². The maximum atomic E-state index is 13.1. The van der Waals surface area contributed by atoms with E-state index in [-0.39, 0.29) is 21.6 Å². The van der Waals surface area contributed by atoms with E-state index in [1.807, 2.05) is 6.92 Å². The third-order valence-corrected chi connectivity index (χ3v) is 4.62. The Balaban J connectivity index is 2.80. The van der Waals surface area contributed by atoms with Crippen LogP contribution < -0.4 is 5.43 Å². The molecule has 0 aliphatic rings. The molecule has 0 N–H and O–H groups in total. The first-order valence-corrected chi connectivity index (χ1v) is 9.92. The minimum atomic E-state index is -4.71. The summed E-state index contributed by atoms with van der Waals surface area (Å²) in [5.41, 5.74) is -2.00. The van der Waals surface area contributed by atoms with Crippen molar-refractivity contribution in [2.45, 2.75) is 31.2 Å². The lowest BCUT2D eigenvalue weighted by molar-refractivity contribution is -0.137. The maximum Gasteiger partial charge on any atom is 0.416 e. The average molecular weight is 396 g/mol. The largest absolute Gasteiger partial charge is 0.449 e. The second kappa shape index (κ2) is 7.00. The van der Waals surface area contributed by atoms with Crippen molar-refractivity contribution in [3.05, 3.63) is 39.5 Å². The van der Waals surface area contributed by atoms with E-state index in [0.717, 1.165) is 18.4 Å². The van der Waals surface area contributed by atoms with Gasteiger partial charge in [-0.05, 0) is 24.8 Å². The molecule has 2 aromatic rings. The average Bonchev–Trinajstić information content (AvgIpc) is 2.43. The molecule has 1 heterocycles. The first kappa shape index (κ1) is 19.8. The van der Waals surface area contributed by atoms with Gasteiger partial charge in [-0.3, -0.25) is 8.98 Å². The van der Waals surface area contributed by atoms with Crippen LogP contribution in [0.15, 0.2) is 32.5 Å². The van der Waals surface area contributed by atoms with Gasteiger partial charge in [-0.15, -0.1) is 0 Å². The fraction of sp³-hybridized carbons (Fsp3) is 0.400. The molecule has 0 fully saturated rings. The molecular weight excluding hydrogens is 381 g/mol. The van der Waals surface area contributed by atoms with E-state index in [1.165, 1.54) is 18.7 Å². The second-order valence-corrected chi connectivity index (χ2v) is 8.11. The van der Waals surface area contributed by atoms with E-state index in [1.54, 1.807) is 0 Å². The van der Waals surface area contributed by atoms with Crippen molar-refractivity contribution < 1.29 is 30.2 Å². The van der Waals surface area contributed by atoms with Crippen molar-refractivity contribution in [3.63, 3.8) is 0 Å². The molecule has 1 unspecified atom stereocenters. The van der Waals surface area contributed by atoms with E-state index in [9.17, 15) is 26.4 Å². The van der Waals surface area contributed by atoms with Crippen molar-refractivity contribution in [3.8, 4) is 0 Å². The van der Waals surface area contributed by atoms with E-state index in [0.29, 0.717) is 11.8 Å². The van der Waals surface area contributed by atoms with Gasteiger partial charge in [-0.2, -0.15) is 21.6 Å². The molecule has 0 saturated heterocycles. The van der Waals surface area contributed by atoms with Gasteiger partial charge in [0.1, 0.15) is 11.7 Å². The van der Waals surface area contributed by atoms with Gasteiger partial charge in [-0.25, -0.2) is 0 Å². The fourth-order valence-electron chi connectivity index (χ4n) is 2.26. The molecule has 5 nitrogen and oxygen atoms in total. The van der Waals surface area contributed by atoms with Crippen molar-refractivity contribution in [2.24, 2.45) is 0 Å². The molecule has 1 aromatic carbocycles. The zero-order valence-electron chi connectivity index (χ0n) is 13.5. The number of fused-ring (bicyclic) bond motifs is 1. The van der Waals surface area contributed by atoms with Crippen LogP contribution >= 0.6 is 11.8 Å². The summed E-state index contributed by atoms with van der Waals surface area (Å²) in [5, 5.41) is -0.0539. The molecule has 0 bridgehead atoms. The van der Waals surface area contributed by atoms with Gasteiger partial charge in [0.05, 0.1) is 17.2 Å². The lowest BCUT2D eigenvalue weighted by atomic mass is 10.0. The second-order valence-electron chi connectivity index (χ2n) is 5.25. The van der Waals surface area contributed by atoms with Crippen LogP contribution in [-0.2, 0) is 20.5 Å². The molecule has 0 saturated carbocycles. The first-order chi connectivity index (χ1) is 11.4. The smallest absolute Gasteiger partial charge is 0.416 e. The molecule has 0 radical (unpaired) electrons. The molecule has 25 heavy (non-hydrogen) atoms. The molecule has 0 aliphatic heterocycles. The number of rotatable bonds is 5. The summed E-state index contributed by atoms with van der Waals surface area (Å²) in [7, 11) is -3.93. The Morgan fingerprint density at radius 1 is 1.28 bits per heavy atom. The lowest BCUT2D eigenvalue weighted by Crippen LogP contribution is -2.13. The van der Waals surface area contributed by atoms with Gasteiger partial charge in [0.2, 0.25) is 0 Å². The van der Waals surface area contributed by atoms with Crippen LogP contribution in [0.2, 0.25) is 0 Å². The SMILES string of the molecule is CCSc1cc(=O)c2cc(C(F)(F)F)cc(C(C)OS(C)(=O)=O)c2o1. The summed E-state index contributed by atoms with van der Waals surface area (Å²) in [5.74, 6) is 0.583. The third-order valence-electron chi connectivity index (χ3n) is 3.21. The number of alkyl halides is 3. The fourth-order valence-corrected chi connectivity index (χ4v) is 3.50.